The van der Waals surface area contributed by atoms with Gasteiger partial charge in [-0.3, -0.25) is 20.4 Å². The van der Waals surface area contributed by atoms with Gasteiger partial charge in [0.2, 0.25) is 5.91 Å². The minimum Gasteiger partial charge on any atom is -0.484 e. The quantitative estimate of drug-likeness (QED) is 0.791. The third kappa shape index (κ3) is 3.41. The topological polar surface area (TPSA) is 67.4 Å². The Morgan fingerprint density at radius 2 is 1.73 bits per heavy atom. The van der Waals surface area contributed by atoms with Gasteiger partial charge in [0.1, 0.15) is 5.75 Å². The molecule has 4 saturated carbocycles. The molecule has 1 aromatic rings. The first kappa shape index (κ1) is 17.7. The number of rotatable bonds is 4. The lowest BCUT2D eigenvalue weighted by Gasteiger charge is -2.55. The van der Waals surface area contributed by atoms with Gasteiger partial charge < -0.3 is 4.74 Å². The number of nitrogens with one attached hydrogen (secondary N) is 2. The number of halogens is 1. The lowest BCUT2D eigenvalue weighted by molar-refractivity contribution is -0.149. The van der Waals surface area contributed by atoms with Gasteiger partial charge in [-0.05, 0) is 87.0 Å². The molecule has 5 rings (SSSR count). The largest absolute Gasteiger partial charge is 0.484 e. The lowest BCUT2D eigenvalue weighted by Crippen LogP contribution is -2.57. The van der Waals surface area contributed by atoms with Gasteiger partial charge in [-0.1, -0.05) is 11.6 Å². The fraction of sp³-hybridized carbons (Fsp3) is 0.600. The Bertz CT molecular complexity index is 698. The maximum absolute atomic E-state index is 12.8. The SMILES string of the molecule is Cc1cc(OCC(=O)NNC(=O)C23CC4CC(CC(C4)C2)C3)ccc1Cl. The molecule has 6 heteroatoms. The van der Waals surface area contributed by atoms with Crippen LogP contribution in [0.1, 0.15) is 44.1 Å². The maximum Gasteiger partial charge on any atom is 0.276 e. The van der Waals surface area contributed by atoms with Crippen molar-refractivity contribution in [2.75, 3.05) is 6.61 Å². The van der Waals surface area contributed by atoms with E-state index >= 15 is 0 Å². The van der Waals surface area contributed by atoms with Crippen LogP contribution in [0.2, 0.25) is 5.02 Å². The zero-order chi connectivity index (χ0) is 18.3. The summed E-state index contributed by atoms with van der Waals surface area (Å²) in [6, 6.07) is 5.24. The fourth-order valence-electron chi connectivity index (χ4n) is 5.54. The van der Waals surface area contributed by atoms with E-state index in [0.717, 1.165) is 24.8 Å². The van der Waals surface area contributed by atoms with Crippen molar-refractivity contribution in [3.05, 3.63) is 28.8 Å². The van der Waals surface area contributed by atoms with E-state index in [1.54, 1.807) is 18.2 Å². The molecule has 1 aromatic carbocycles. The van der Waals surface area contributed by atoms with E-state index in [9.17, 15) is 9.59 Å². The van der Waals surface area contributed by atoms with Crippen LogP contribution in [0.4, 0.5) is 0 Å². The van der Waals surface area contributed by atoms with Crippen LogP contribution < -0.4 is 15.6 Å². The second-order valence-corrected chi connectivity index (χ2v) is 8.81. The van der Waals surface area contributed by atoms with E-state index in [1.165, 1.54) is 19.3 Å². The predicted octanol–water partition coefficient (Wildman–Crippen LogP) is 3.39. The average Bonchev–Trinajstić information content (AvgIpc) is 2.59. The lowest BCUT2D eigenvalue weighted by atomic mass is 9.49. The minimum atomic E-state index is -0.365. The fourth-order valence-corrected chi connectivity index (χ4v) is 5.66. The summed E-state index contributed by atoms with van der Waals surface area (Å²) in [6.07, 6.45) is 6.78. The molecule has 2 N–H and O–H groups in total. The second kappa shape index (κ2) is 6.76. The Morgan fingerprint density at radius 1 is 1.12 bits per heavy atom. The summed E-state index contributed by atoms with van der Waals surface area (Å²) in [4.78, 5) is 24.8. The molecule has 26 heavy (non-hydrogen) atoms. The van der Waals surface area contributed by atoms with Crippen molar-refractivity contribution < 1.29 is 14.3 Å². The minimum absolute atomic E-state index is 0.0210. The molecule has 4 aliphatic carbocycles. The Labute approximate surface area is 158 Å². The molecule has 4 aliphatic rings. The number of ether oxygens (including phenoxy) is 1. The number of aryl methyl sites for hydroxylation is 1. The number of hydrazine groups is 1. The Kier molecular flexibility index (Phi) is 4.59. The van der Waals surface area contributed by atoms with Gasteiger partial charge in [0.25, 0.3) is 5.91 Å². The average molecular weight is 377 g/mol. The highest BCUT2D eigenvalue weighted by molar-refractivity contribution is 6.31. The molecule has 2 amide bonds. The zero-order valence-corrected chi connectivity index (χ0v) is 15.8. The summed E-state index contributed by atoms with van der Waals surface area (Å²) < 4.78 is 5.46. The molecule has 0 aromatic heterocycles. The molecule has 0 aliphatic heterocycles. The molecule has 0 unspecified atom stereocenters. The number of benzene rings is 1. The smallest absolute Gasteiger partial charge is 0.276 e. The predicted molar refractivity (Wildman–Crippen MR) is 98.6 cm³/mol. The number of carbonyl (C=O) groups is 2. The number of hydrogen-bond acceptors (Lipinski definition) is 3. The highest BCUT2D eigenvalue weighted by Gasteiger charge is 2.54. The summed E-state index contributed by atoms with van der Waals surface area (Å²) in [7, 11) is 0. The molecule has 0 spiro atoms. The van der Waals surface area contributed by atoms with Gasteiger partial charge in [-0.25, -0.2) is 0 Å². The molecule has 4 fully saturated rings. The number of carbonyl (C=O) groups excluding carboxylic acids is 2. The maximum atomic E-state index is 12.8. The van der Waals surface area contributed by atoms with Crippen LogP contribution in [-0.2, 0) is 9.59 Å². The Hall–Kier alpha value is -1.75. The van der Waals surface area contributed by atoms with Crippen molar-refractivity contribution >= 4 is 23.4 Å². The van der Waals surface area contributed by atoms with Crippen molar-refractivity contribution in [2.24, 2.45) is 23.2 Å². The first-order valence-corrected chi connectivity index (χ1v) is 9.79. The van der Waals surface area contributed by atoms with Crippen LogP contribution in [-0.4, -0.2) is 18.4 Å². The van der Waals surface area contributed by atoms with E-state index in [4.69, 9.17) is 16.3 Å². The van der Waals surface area contributed by atoms with Gasteiger partial charge in [0, 0.05) is 5.02 Å². The van der Waals surface area contributed by atoms with E-state index in [2.05, 4.69) is 10.9 Å². The highest BCUT2D eigenvalue weighted by atomic mass is 35.5. The van der Waals surface area contributed by atoms with Crippen molar-refractivity contribution in [2.45, 2.75) is 45.4 Å². The van der Waals surface area contributed by atoms with Crippen molar-refractivity contribution in [1.82, 2.24) is 10.9 Å². The van der Waals surface area contributed by atoms with Crippen LogP contribution in [0.3, 0.4) is 0 Å². The van der Waals surface area contributed by atoms with Gasteiger partial charge in [-0.15, -0.1) is 0 Å². The van der Waals surface area contributed by atoms with Crippen LogP contribution in [0.15, 0.2) is 18.2 Å². The van der Waals surface area contributed by atoms with Gasteiger partial charge in [0.05, 0.1) is 5.41 Å². The second-order valence-electron chi connectivity index (χ2n) is 8.40. The van der Waals surface area contributed by atoms with Gasteiger partial charge in [-0.2, -0.15) is 0 Å². The van der Waals surface area contributed by atoms with Crippen molar-refractivity contribution in [1.29, 1.82) is 0 Å². The number of hydrogen-bond donors (Lipinski definition) is 2. The third-order valence-electron chi connectivity index (χ3n) is 6.33. The van der Waals surface area contributed by atoms with E-state index in [-0.39, 0.29) is 23.8 Å². The standard InChI is InChI=1S/C20H25ClN2O3/c1-12-4-16(2-3-17(12)21)26-11-18(24)22-23-19(25)20-8-13-5-14(9-20)7-15(6-13)10-20/h2-4,13-15H,5-11H2,1H3,(H,22,24)(H,23,25). The third-order valence-corrected chi connectivity index (χ3v) is 6.76. The first-order valence-electron chi connectivity index (χ1n) is 9.42. The molecule has 4 bridgehead atoms. The van der Waals surface area contributed by atoms with Crippen LogP contribution in [0.5, 0.6) is 5.75 Å². The molecule has 0 atom stereocenters. The molecule has 0 radical (unpaired) electrons. The highest BCUT2D eigenvalue weighted by Crippen LogP contribution is 2.60. The molecular weight excluding hydrogens is 352 g/mol. The molecule has 0 heterocycles. The van der Waals surface area contributed by atoms with E-state index in [0.29, 0.717) is 28.5 Å². The van der Waals surface area contributed by atoms with Gasteiger partial charge in [0.15, 0.2) is 6.61 Å². The van der Waals surface area contributed by atoms with E-state index < -0.39 is 0 Å². The van der Waals surface area contributed by atoms with Crippen LogP contribution in [0.25, 0.3) is 0 Å². The Balaban J connectivity index is 1.28. The van der Waals surface area contributed by atoms with Gasteiger partial charge >= 0.3 is 0 Å². The van der Waals surface area contributed by atoms with Crippen LogP contribution >= 0.6 is 11.6 Å². The molecule has 5 nitrogen and oxygen atoms in total. The monoisotopic (exact) mass is 376 g/mol. The summed E-state index contributed by atoms with van der Waals surface area (Å²) in [5.74, 6) is 2.27. The molecule has 0 saturated heterocycles. The van der Waals surface area contributed by atoms with Crippen molar-refractivity contribution in [3.8, 4) is 5.75 Å². The summed E-state index contributed by atoms with van der Waals surface area (Å²) in [6.45, 7) is 1.73. The van der Waals surface area contributed by atoms with Crippen LogP contribution in [0, 0.1) is 30.1 Å². The molecule has 140 valence electrons. The number of amides is 2. The normalized spacial score (nSPS) is 31.5. The van der Waals surface area contributed by atoms with E-state index in [1.807, 2.05) is 6.92 Å². The first-order chi connectivity index (χ1) is 12.4. The molecular formula is C20H25ClN2O3. The summed E-state index contributed by atoms with van der Waals surface area (Å²) in [5.41, 5.74) is 5.79. The zero-order valence-electron chi connectivity index (χ0n) is 15.0. The summed E-state index contributed by atoms with van der Waals surface area (Å²) >= 11 is 5.97. The van der Waals surface area contributed by atoms with Crippen molar-refractivity contribution in [3.63, 3.8) is 0 Å². The summed E-state index contributed by atoms with van der Waals surface area (Å²) in [5, 5.41) is 0.657. The Morgan fingerprint density at radius 3 is 2.31 bits per heavy atom.